The quantitative estimate of drug-likeness (QED) is 0.166. The second kappa shape index (κ2) is 14.1. The van der Waals surface area contributed by atoms with Crippen LogP contribution in [-0.4, -0.2) is 40.2 Å². The Morgan fingerprint density at radius 1 is 0.952 bits per heavy atom. The minimum absolute atomic E-state index is 0.0994. The zero-order valence-corrected chi connectivity index (χ0v) is 24.9. The number of nitrogens with zero attached hydrogens (tertiary/aromatic N) is 3. The molecule has 218 valence electrons. The summed E-state index contributed by atoms with van der Waals surface area (Å²) in [6.07, 6.45) is 5.97. The molecule has 42 heavy (non-hydrogen) atoms. The summed E-state index contributed by atoms with van der Waals surface area (Å²) in [6.45, 7) is 4.66. The zero-order valence-electron chi connectivity index (χ0n) is 24.0. The molecule has 0 aliphatic carbocycles. The van der Waals surface area contributed by atoms with Gasteiger partial charge < -0.3 is 19.7 Å². The monoisotopic (exact) mass is 584 g/mol. The van der Waals surface area contributed by atoms with E-state index in [0.717, 1.165) is 24.0 Å². The molecule has 0 radical (unpaired) electrons. The van der Waals surface area contributed by atoms with Crippen LogP contribution in [-0.2, 0) is 11.2 Å². The predicted octanol–water partition coefficient (Wildman–Crippen LogP) is 7.29. The van der Waals surface area contributed by atoms with Gasteiger partial charge in [-0.25, -0.2) is 0 Å². The van der Waals surface area contributed by atoms with Crippen LogP contribution in [0.15, 0.2) is 72.8 Å². The van der Waals surface area contributed by atoms with Crippen molar-refractivity contribution in [2.75, 3.05) is 18.7 Å². The molecule has 1 aromatic heterocycles. The molecule has 1 aliphatic rings. The first-order chi connectivity index (χ1) is 20.5. The Labute approximate surface area is 250 Å². The summed E-state index contributed by atoms with van der Waals surface area (Å²) < 4.78 is 10.8. The Bertz CT molecular complexity index is 1490. The molecule has 0 saturated carbocycles. The molecular formula is C33H36N4O4S. The number of unbranched alkanes of at least 4 members (excludes halogenated alkanes) is 3. The highest BCUT2D eigenvalue weighted by Gasteiger charge is 2.24. The van der Waals surface area contributed by atoms with Crippen molar-refractivity contribution < 1.29 is 19.1 Å². The number of ether oxygens (including phenoxy) is 2. The van der Waals surface area contributed by atoms with Crippen molar-refractivity contribution in [3.63, 3.8) is 0 Å². The number of benzene rings is 3. The fourth-order valence-electron chi connectivity index (χ4n) is 4.94. The van der Waals surface area contributed by atoms with Gasteiger partial charge in [-0.3, -0.25) is 9.59 Å². The van der Waals surface area contributed by atoms with Crippen molar-refractivity contribution in [3.8, 4) is 22.1 Å². The van der Waals surface area contributed by atoms with Gasteiger partial charge in [0.1, 0.15) is 5.01 Å². The first-order valence-corrected chi connectivity index (χ1v) is 15.3. The second-order valence-corrected chi connectivity index (χ2v) is 11.3. The largest absolute Gasteiger partial charge is 0.454 e. The summed E-state index contributed by atoms with van der Waals surface area (Å²) in [4.78, 5) is 28.5. The molecule has 0 fully saturated rings. The number of aromatic nitrogens is 2. The predicted molar refractivity (Wildman–Crippen MR) is 165 cm³/mol. The Morgan fingerprint density at radius 2 is 1.74 bits per heavy atom. The number of hydrogen-bond donors (Lipinski definition) is 1. The molecule has 3 aromatic carbocycles. The summed E-state index contributed by atoms with van der Waals surface area (Å²) >= 11 is 1.28. The number of fused-ring (bicyclic) bond motifs is 1. The molecule has 0 spiro atoms. The lowest BCUT2D eigenvalue weighted by Gasteiger charge is -2.30. The van der Waals surface area contributed by atoms with Crippen LogP contribution >= 0.6 is 11.3 Å². The third kappa shape index (κ3) is 7.33. The maximum atomic E-state index is 13.7. The summed E-state index contributed by atoms with van der Waals surface area (Å²) in [5, 5.41) is 12.3. The van der Waals surface area contributed by atoms with Crippen molar-refractivity contribution >= 4 is 28.3 Å². The highest BCUT2D eigenvalue weighted by Crippen LogP contribution is 2.37. The normalized spacial score (nSPS) is 12.6. The fraction of sp³-hybridized carbons (Fsp3) is 0.333. The van der Waals surface area contributed by atoms with Gasteiger partial charge in [-0.05, 0) is 61.2 Å². The van der Waals surface area contributed by atoms with Crippen LogP contribution < -0.4 is 14.8 Å². The summed E-state index contributed by atoms with van der Waals surface area (Å²) in [5.41, 5.74) is 3.70. The van der Waals surface area contributed by atoms with E-state index in [9.17, 15) is 9.59 Å². The Balaban J connectivity index is 1.23. The van der Waals surface area contributed by atoms with E-state index in [2.05, 4.69) is 22.4 Å². The number of nitrogens with one attached hydrogen (secondary N) is 1. The van der Waals surface area contributed by atoms with Crippen molar-refractivity contribution in [2.24, 2.45) is 0 Å². The maximum Gasteiger partial charge on any atom is 0.254 e. The minimum atomic E-state index is -0.233. The third-order valence-electron chi connectivity index (χ3n) is 7.40. The second-order valence-electron chi connectivity index (χ2n) is 10.4. The average Bonchev–Trinajstić information content (AvgIpc) is 3.69. The van der Waals surface area contributed by atoms with Crippen molar-refractivity contribution in [3.05, 3.63) is 89.5 Å². The van der Waals surface area contributed by atoms with Gasteiger partial charge in [0.15, 0.2) is 11.5 Å². The highest BCUT2D eigenvalue weighted by molar-refractivity contribution is 7.18. The van der Waals surface area contributed by atoms with Crippen molar-refractivity contribution in [1.29, 1.82) is 0 Å². The molecule has 1 atom stereocenters. The van der Waals surface area contributed by atoms with Crippen LogP contribution in [0.4, 0.5) is 5.13 Å². The molecule has 5 rings (SSSR count). The van der Waals surface area contributed by atoms with E-state index in [1.807, 2.05) is 79.7 Å². The van der Waals surface area contributed by atoms with Gasteiger partial charge in [-0.2, -0.15) is 0 Å². The smallest absolute Gasteiger partial charge is 0.254 e. The van der Waals surface area contributed by atoms with Crippen LogP contribution in [0.1, 0.15) is 73.5 Å². The van der Waals surface area contributed by atoms with Crippen molar-refractivity contribution in [1.82, 2.24) is 15.1 Å². The third-order valence-corrected chi connectivity index (χ3v) is 8.29. The molecule has 1 aliphatic heterocycles. The first-order valence-electron chi connectivity index (χ1n) is 14.5. The molecular weight excluding hydrogens is 548 g/mol. The number of carbonyl (C=O) groups is 2. The van der Waals surface area contributed by atoms with Gasteiger partial charge >= 0.3 is 0 Å². The molecule has 2 heterocycles. The summed E-state index contributed by atoms with van der Waals surface area (Å²) in [5.74, 6) is 1.02. The lowest BCUT2D eigenvalue weighted by molar-refractivity contribution is -0.116. The van der Waals surface area contributed by atoms with Crippen LogP contribution in [0, 0.1) is 0 Å². The zero-order chi connectivity index (χ0) is 29.3. The topological polar surface area (TPSA) is 93.7 Å². The molecule has 0 saturated heterocycles. The Morgan fingerprint density at radius 3 is 2.52 bits per heavy atom. The molecule has 8 nitrogen and oxygen atoms in total. The Hall–Kier alpha value is -4.24. The highest BCUT2D eigenvalue weighted by atomic mass is 32.1. The van der Waals surface area contributed by atoms with Gasteiger partial charge in [-0.1, -0.05) is 80.0 Å². The van der Waals surface area contributed by atoms with Crippen LogP contribution in [0.5, 0.6) is 11.5 Å². The van der Waals surface area contributed by atoms with Gasteiger partial charge in [-0.15, -0.1) is 10.2 Å². The molecule has 1 N–H and O–H groups in total. The van der Waals surface area contributed by atoms with Crippen LogP contribution in [0.3, 0.4) is 0 Å². The van der Waals surface area contributed by atoms with Crippen LogP contribution in [0.2, 0.25) is 0 Å². The van der Waals surface area contributed by atoms with Gasteiger partial charge in [0.25, 0.3) is 5.91 Å². The standard InChI is InChI=1S/C33H36N4O4S/c1-3-4-5-7-10-24-13-15-26(16-14-24)32(39)37(23(2)25-11-8-6-9-12-25)20-19-30(38)34-33-36-35-31(42-33)27-17-18-28-29(21-27)41-22-40-28/h6,8-9,11-18,21,23H,3-5,7,10,19-20,22H2,1-2H3,(H,34,36,38). The number of amides is 2. The Kier molecular flexibility index (Phi) is 9.82. The lowest BCUT2D eigenvalue weighted by atomic mass is 10.0. The average molecular weight is 585 g/mol. The van der Waals surface area contributed by atoms with Gasteiger partial charge in [0.05, 0.1) is 6.04 Å². The number of rotatable bonds is 13. The van der Waals surface area contributed by atoms with E-state index >= 15 is 0 Å². The van der Waals surface area contributed by atoms with E-state index in [4.69, 9.17) is 9.47 Å². The number of anilines is 1. The first kappa shape index (κ1) is 29.3. The van der Waals surface area contributed by atoms with E-state index in [1.54, 1.807) is 4.90 Å². The SMILES string of the molecule is CCCCCCc1ccc(C(=O)N(CCC(=O)Nc2nnc(-c3ccc4c(c3)OCO4)s2)C(C)c2ccccc2)cc1. The molecule has 4 aromatic rings. The van der Waals surface area contributed by atoms with E-state index in [1.165, 1.54) is 36.2 Å². The number of aryl methyl sites for hydroxylation is 1. The molecule has 1 unspecified atom stereocenters. The van der Waals surface area contributed by atoms with E-state index in [0.29, 0.717) is 27.2 Å². The minimum Gasteiger partial charge on any atom is -0.454 e. The fourth-order valence-corrected chi connectivity index (χ4v) is 5.70. The summed E-state index contributed by atoms with van der Waals surface area (Å²) in [6, 6.07) is 23.1. The number of carbonyl (C=O) groups excluding carboxylic acids is 2. The van der Waals surface area contributed by atoms with E-state index in [-0.39, 0.29) is 37.6 Å². The lowest BCUT2D eigenvalue weighted by Crippen LogP contribution is -2.36. The maximum absolute atomic E-state index is 13.7. The van der Waals surface area contributed by atoms with Crippen molar-refractivity contribution in [2.45, 2.75) is 58.4 Å². The summed E-state index contributed by atoms with van der Waals surface area (Å²) in [7, 11) is 0. The molecule has 9 heteroatoms. The van der Waals surface area contributed by atoms with Crippen LogP contribution in [0.25, 0.3) is 10.6 Å². The molecule has 2 amide bonds. The number of hydrogen-bond acceptors (Lipinski definition) is 7. The molecule has 0 bridgehead atoms. The van der Waals surface area contributed by atoms with Gasteiger partial charge in [0, 0.05) is 24.1 Å². The van der Waals surface area contributed by atoms with Gasteiger partial charge in [0.2, 0.25) is 17.8 Å². The van der Waals surface area contributed by atoms with E-state index < -0.39 is 0 Å².